The molecular weight excluding hydrogens is 303 g/mol. The van der Waals surface area contributed by atoms with Gasteiger partial charge in [0.2, 0.25) is 0 Å². The van der Waals surface area contributed by atoms with Crippen molar-refractivity contribution in [1.82, 2.24) is 4.72 Å². The zero-order valence-corrected chi connectivity index (χ0v) is 13.3. The first-order chi connectivity index (χ1) is 9.54. The monoisotopic (exact) mass is 323 g/mol. The standard InChI is InChI=1S/C14H20F3NO2S/c1-5-20-13(14(15,16)17,11-9-7-6-8-10-11)18-21(19)12(2,3)4/h6-10,18H,5H2,1-4H3. The van der Waals surface area contributed by atoms with Crippen LogP contribution in [-0.2, 0) is 21.4 Å². The van der Waals surface area contributed by atoms with Gasteiger partial charge in [0.15, 0.2) is 0 Å². The smallest absolute Gasteiger partial charge is 0.348 e. The minimum atomic E-state index is -4.76. The van der Waals surface area contributed by atoms with Crippen LogP contribution in [0.4, 0.5) is 13.2 Å². The van der Waals surface area contributed by atoms with Crippen molar-refractivity contribution in [2.75, 3.05) is 6.61 Å². The summed E-state index contributed by atoms with van der Waals surface area (Å²) >= 11 is 0. The van der Waals surface area contributed by atoms with Gasteiger partial charge in [-0.1, -0.05) is 30.3 Å². The summed E-state index contributed by atoms with van der Waals surface area (Å²) in [6, 6.07) is 7.18. The van der Waals surface area contributed by atoms with Crippen molar-refractivity contribution in [3.63, 3.8) is 0 Å². The summed E-state index contributed by atoms with van der Waals surface area (Å²) in [5, 5.41) is 0. The zero-order valence-electron chi connectivity index (χ0n) is 12.5. The topological polar surface area (TPSA) is 38.3 Å². The van der Waals surface area contributed by atoms with Gasteiger partial charge < -0.3 is 4.74 Å². The first-order valence-electron chi connectivity index (χ1n) is 6.50. The van der Waals surface area contributed by atoms with Crippen LogP contribution < -0.4 is 4.72 Å². The fourth-order valence-corrected chi connectivity index (χ4v) is 2.51. The van der Waals surface area contributed by atoms with E-state index in [1.54, 1.807) is 26.8 Å². The number of benzene rings is 1. The summed E-state index contributed by atoms with van der Waals surface area (Å²) in [5.74, 6) is 0. The van der Waals surface area contributed by atoms with Gasteiger partial charge in [-0.3, -0.25) is 0 Å². The normalized spacial score (nSPS) is 17.3. The van der Waals surface area contributed by atoms with E-state index in [4.69, 9.17) is 4.74 Å². The number of rotatable bonds is 5. The molecule has 7 heteroatoms. The van der Waals surface area contributed by atoms with Crippen LogP contribution in [-0.4, -0.2) is 21.7 Å². The molecule has 2 unspecified atom stereocenters. The molecule has 0 spiro atoms. The fraction of sp³-hybridized carbons (Fsp3) is 0.571. The lowest BCUT2D eigenvalue weighted by atomic mass is 10.0. The number of halogens is 3. The van der Waals surface area contributed by atoms with Crippen LogP contribution in [0.15, 0.2) is 30.3 Å². The summed E-state index contributed by atoms with van der Waals surface area (Å²) in [4.78, 5) is 0. The molecule has 120 valence electrons. The summed E-state index contributed by atoms with van der Waals surface area (Å²) in [6.45, 7) is 6.06. The maximum atomic E-state index is 13.7. The molecule has 0 heterocycles. The Bertz CT molecular complexity index is 485. The minimum absolute atomic E-state index is 0.128. The SMILES string of the molecule is CCOC(NS(=O)C(C)(C)C)(c1ccccc1)C(F)(F)F. The quantitative estimate of drug-likeness (QED) is 0.843. The molecule has 0 aliphatic rings. The van der Waals surface area contributed by atoms with E-state index in [9.17, 15) is 17.4 Å². The van der Waals surface area contributed by atoms with E-state index in [2.05, 4.69) is 4.72 Å². The predicted octanol–water partition coefficient (Wildman–Crippen LogP) is 3.49. The molecule has 21 heavy (non-hydrogen) atoms. The Morgan fingerprint density at radius 3 is 2.05 bits per heavy atom. The largest absolute Gasteiger partial charge is 0.436 e. The van der Waals surface area contributed by atoms with Crippen LogP contribution in [0.5, 0.6) is 0 Å². The average Bonchev–Trinajstić information content (AvgIpc) is 2.36. The molecule has 0 amide bonds. The van der Waals surface area contributed by atoms with Gasteiger partial charge in [0.1, 0.15) is 0 Å². The fourth-order valence-electron chi connectivity index (χ4n) is 1.65. The minimum Gasteiger partial charge on any atom is -0.348 e. The van der Waals surface area contributed by atoms with Crippen molar-refractivity contribution < 1.29 is 22.1 Å². The van der Waals surface area contributed by atoms with Gasteiger partial charge in [0.25, 0.3) is 5.72 Å². The molecule has 0 saturated carbocycles. The highest BCUT2D eigenvalue weighted by Crippen LogP contribution is 2.41. The van der Waals surface area contributed by atoms with Crippen LogP contribution in [0.1, 0.15) is 33.3 Å². The average molecular weight is 323 g/mol. The maximum absolute atomic E-state index is 13.7. The summed E-state index contributed by atoms with van der Waals surface area (Å²) in [5.41, 5.74) is -2.92. The van der Waals surface area contributed by atoms with E-state index in [1.165, 1.54) is 31.2 Å². The van der Waals surface area contributed by atoms with Crippen LogP contribution in [0.2, 0.25) is 0 Å². The third-order valence-electron chi connectivity index (χ3n) is 2.73. The van der Waals surface area contributed by atoms with E-state index >= 15 is 0 Å². The lowest BCUT2D eigenvalue weighted by Crippen LogP contribution is -2.58. The number of hydrogen-bond donors (Lipinski definition) is 1. The second-order valence-electron chi connectivity index (χ2n) is 5.46. The summed E-state index contributed by atoms with van der Waals surface area (Å²) in [6.07, 6.45) is -4.76. The van der Waals surface area contributed by atoms with Crippen LogP contribution >= 0.6 is 0 Å². The molecule has 1 N–H and O–H groups in total. The molecule has 1 aromatic rings. The number of alkyl halides is 3. The zero-order chi connectivity index (χ0) is 16.3. The van der Waals surface area contributed by atoms with Gasteiger partial charge in [0.05, 0.1) is 15.7 Å². The molecule has 0 bridgehead atoms. The molecule has 0 aliphatic carbocycles. The predicted molar refractivity (Wildman–Crippen MR) is 76.8 cm³/mol. The van der Waals surface area contributed by atoms with Gasteiger partial charge in [0, 0.05) is 12.2 Å². The van der Waals surface area contributed by atoms with E-state index in [1.807, 2.05) is 0 Å². The molecule has 0 saturated heterocycles. The van der Waals surface area contributed by atoms with Crippen molar-refractivity contribution in [1.29, 1.82) is 0 Å². The Morgan fingerprint density at radius 2 is 1.67 bits per heavy atom. The lowest BCUT2D eigenvalue weighted by Gasteiger charge is -2.37. The Hall–Kier alpha value is -0.920. The lowest BCUT2D eigenvalue weighted by molar-refractivity contribution is -0.289. The van der Waals surface area contributed by atoms with Crippen LogP contribution in [0.25, 0.3) is 0 Å². The number of ether oxygens (including phenoxy) is 1. The molecule has 1 aromatic carbocycles. The van der Waals surface area contributed by atoms with E-state index in [0.717, 1.165) is 0 Å². The Labute approximate surface area is 125 Å². The highest BCUT2D eigenvalue weighted by molar-refractivity contribution is 7.84. The third kappa shape index (κ3) is 4.05. The summed E-state index contributed by atoms with van der Waals surface area (Å²) in [7, 11) is -1.95. The second-order valence-corrected chi connectivity index (χ2v) is 7.43. The Kier molecular flexibility index (Phi) is 5.57. The molecule has 3 nitrogen and oxygen atoms in total. The van der Waals surface area contributed by atoms with E-state index in [-0.39, 0.29) is 12.2 Å². The van der Waals surface area contributed by atoms with E-state index < -0.39 is 27.6 Å². The van der Waals surface area contributed by atoms with E-state index in [0.29, 0.717) is 0 Å². The third-order valence-corrected chi connectivity index (χ3v) is 4.32. The Morgan fingerprint density at radius 1 is 1.14 bits per heavy atom. The van der Waals surface area contributed by atoms with Gasteiger partial charge in [-0.15, -0.1) is 0 Å². The van der Waals surface area contributed by atoms with Gasteiger partial charge in [-0.2, -0.15) is 17.9 Å². The van der Waals surface area contributed by atoms with Gasteiger partial charge in [-0.25, -0.2) is 4.21 Å². The Balaban J connectivity index is 3.37. The number of nitrogens with one attached hydrogen (secondary N) is 1. The highest BCUT2D eigenvalue weighted by atomic mass is 32.2. The molecule has 0 fully saturated rings. The first-order valence-corrected chi connectivity index (χ1v) is 7.65. The van der Waals surface area contributed by atoms with Gasteiger partial charge in [-0.05, 0) is 27.7 Å². The highest BCUT2D eigenvalue weighted by Gasteiger charge is 2.59. The van der Waals surface area contributed by atoms with Crippen molar-refractivity contribution in [3.8, 4) is 0 Å². The molecule has 0 aliphatic heterocycles. The van der Waals surface area contributed by atoms with Crippen LogP contribution in [0, 0.1) is 0 Å². The number of hydrogen-bond acceptors (Lipinski definition) is 2. The maximum Gasteiger partial charge on any atom is 0.436 e. The molecule has 2 atom stereocenters. The van der Waals surface area contributed by atoms with Crippen LogP contribution in [0.3, 0.4) is 0 Å². The molecule has 0 aromatic heterocycles. The van der Waals surface area contributed by atoms with Crippen molar-refractivity contribution in [3.05, 3.63) is 35.9 Å². The first kappa shape index (κ1) is 18.1. The van der Waals surface area contributed by atoms with Crippen molar-refractivity contribution in [2.45, 2.75) is 44.3 Å². The summed E-state index contributed by atoms with van der Waals surface area (Å²) < 4.78 is 59.5. The van der Waals surface area contributed by atoms with Crippen molar-refractivity contribution >= 4 is 11.0 Å². The van der Waals surface area contributed by atoms with Gasteiger partial charge >= 0.3 is 6.18 Å². The molecular formula is C14H20F3NO2S. The second kappa shape index (κ2) is 6.46. The molecule has 1 rings (SSSR count). The molecule has 0 radical (unpaired) electrons. The van der Waals surface area contributed by atoms with Crippen molar-refractivity contribution in [2.24, 2.45) is 0 Å².